The van der Waals surface area contributed by atoms with E-state index in [1.54, 1.807) is 0 Å². The Morgan fingerprint density at radius 2 is 1.18 bits per heavy atom. The van der Waals surface area contributed by atoms with Gasteiger partial charge in [-0.3, -0.25) is 0 Å². The minimum absolute atomic E-state index is 1.12. The maximum absolute atomic E-state index is 2.40. The number of unbranched alkanes of at least 4 members (excludes halogenated alkanes) is 2. The molecule has 0 unspecified atom stereocenters. The first-order valence-electron chi connectivity index (χ1n) is 14.4. The summed E-state index contributed by atoms with van der Waals surface area (Å²) in [5, 5.41) is 5.62. The van der Waals surface area contributed by atoms with Crippen molar-refractivity contribution in [2.24, 2.45) is 0 Å². The smallest absolute Gasteiger partial charge is 0.00199 e. The Balaban J connectivity index is 1.30. The van der Waals surface area contributed by atoms with Gasteiger partial charge in [-0.2, -0.15) is 0 Å². The van der Waals surface area contributed by atoms with Gasteiger partial charge in [0.1, 0.15) is 0 Å². The van der Waals surface area contributed by atoms with Gasteiger partial charge in [-0.15, -0.1) is 0 Å². The van der Waals surface area contributed by atoms with E-state index in [2.05, 4.69) is 123 Å². The van der Waals surface area contributed by atoms with Gasteiger partial charge in [0.25, 0.3) is 0 Å². The van der Waals surface area contributed by atoms with Crippen LogP contribution in [0.4, 0.5) is 0 Å². The molecule has 6 aromatic carbocycles. The van der Waals surface area contributed by atoms with E-state index in [-0.39, 0.29) is 0 Å². The molecule has 0 nitrogen and oxygen atoms in total. The molecule has 1 aliphatic carbocycles. The molecule has 0 saturated heterocycles. The van der Waals surface area contributed by atoms with Crippen molar-refractivity contribution < 1.29 is 0 Å². The van der Waals surface area contributed by atoms with E-state index in [0.717, 1.165) is 6.42 Å². The van der Waals surface area contributed by atoms with Crippen LogP contribution in [-0.4, -0.2) is 0 Å². The van der Waals surface area contributed by atoms with Crippen LogP contribution in [0.5, 0.6) is 0 Å². The van der Waals surface area contributed by atoms with Gasteiger partial charge in [-0.1, -0.05) is 121 Å². The number of hydrogen-bond acceptors (Lipinski definition) is 0. The van der Waals surface area contributed by atoms with Gasteiger partial charge in [-0.05, 0) is 111 Å². The van der Waals surface area contributed by atoms with Gasteiger partial charge in [0.15, 0.2) is 0 Å². The molecule has 0 fully saturated rings. The van der Waals surface area contributed by atoms with Crippen LogP contribution in [0, 0.1) is 13.8 Å². The fourth-order valence-electron chi connectivity index (χ4n) is 6.94. The molecule has 190 valence electrons. The molecule has 7 rings (SSSR count). The van der Waals surface area contributed by atoms with Crippen LogP contribution in [0.25, 0.3) is 54.9 Å². The molecule has 39 heavy (non-hydrogen) atoms. The molecule has 0 N–H and O–H groups in total. The highest BCUT2D eigenvalue weighted by atomic mass is 14.3. The quantitative estimate of drug-likeness (QED) is 0.190. The lowest BCUT2D eigenvalue weighted by atomic mass is 9.86. The van der Waals surface area contributed by atoms with Gasteiger partial charge >= 0.3 is 0 Å². The number of rotatable bonds is 7. The molecule has 0 heterocycles. The summed E-state index contributed by atoms with van der Waals surface area (Å²) in [7, 11) is 0. The molecule has 0 bridgehead atoms. The topological polar surface area (TPSA) is 0 Å². The summed E-state index contributed by atoms with van der Waals surface area (Å²) in [4.78, 5) is 0. The summed E-state index contributed by atoms with van der Waals surface area (Å²) in [5.74, 6) is 0. The van der Waals surface area contributed by atoms with Crippen molar-refractivity contribution in [2.75, 3.05) is 0 Å². The van der Waals surface area contributed by atoms with Crippen molar-refractivity contribution in [3.8, 4) is 33.4 Å². The Bertz CT molecular complexity index is 1840. The van der Waals surface area contributed by atoms with Crippen molar-refractivity contribution in [1.29, 1.82) is 0 Å². The van der Waals surface area contributed by atoms with Crippen molar-refractivity contribution in [3.05, 3.63) is 131 Å². The van der Waals surface area contributed by atoms with Gasteiger partial charge in [0.05, 0.1) is 0 Å². The van der Waals surface area contributed by atoms with Crippen LogP contribution in [0.3, 0.4) is 0 Å². The molecule has 0 amide bonds. The molecule has 0 aromatic heterocycles. The van der Waals surface area contributed by atoms with E-state index in [1.165, 1.54) is 103 Å². The molecule has 0 radical (unpaired) electrons. The van der Waals surface area contributed by atoms with Crippen LogP contribution in [-0.2, 0) is 12.8 Å². The Morgan fingerprint density at radius 3 is 2.03 bits per heavy atom. The fourth-order valence-corrected chi connectivity index (χ4v) is 6.94. The second-order valence-corrected chi connectivity index (χ2v) is 11.2. The van der Waals surface area contributed by atoms with E-state index in [4.69, 9.17) is 0 Å². The first-order valence-corrected chi connectivity index (χ1v) is 14.4. The molecule has 0 saturated carbocycles. The number of hydrogen-bond donors (Lipinski definition) is 0. The molecule has 6 aromatic rings. The lowest BCUT2D eigenvalue weighted by Gasteiger charge is -2.18. The summed E-state index contributed by atoms with van der Waals surface area (Å²) in [6.07, 6.45) is 5.99. The minimum Gasteiger partial charge on any atom is -0.0622 e. The summed E-state index contributed by atoms with van der Waals surface area (Å²) in [6, 6.07) is 40.6. The van der Waals surface area contributed by atoms with E-state index >= 15 is 0 Å². The SMILES string of the molecule is Cc1cccc(CCCCCc2c3c(c(C)c4ccccc24)-c2cccc4c(-c5ccccc5)ccc-3c24)c1. The highest BCUT2D eigenvalue weighted by Crippen LogP contribution is 2.54. The van der Waals surface area contributed by atoms with E-state index in [9.17, 15) is 0 Å². The van der Waals surface area contributed by atoms with Gasteiger partial charge in [-0.25, -0.2) is 0 Å². The van der Waals surface area contributed by atoms with Crippen LogP contribution >= 0.6 is 0 Å². The largest absolute Gasteiger partial charge is 0.0622 e. The maximum Gasteiger partial charge on any atom is -0.00199 e. The predicted molar refractivity (Wildman–Crippen MR) is 168 cm³/mol. The van der Waals surface area contributed by atoms with Gasteiger partial charge in [0, 0.05) is 0 Å². The Labute approximate surface area is 232 Å². The normalized spacial score (nSPS) is 11.8. The molecular formula is C39H34. The van der Waals surface area contributed by atoms with Crippen molar-refractivity contribution in [3.63, 3.8) is 0 Å². The third-order valence-electron chi connectivity index (χ3n) is 8.72. The second-order valence-electron chi connectivity index (χ2n) is 11.2. The third-order valence-corrected chi connectivity index (χ3v) is 8.72. The summed E-state index contributed by atoms with van der Waals surface area (Å²) in [6.45, 7) is 4.52. The number of aryl methyl sites for hydroxylation is 4. The van der Waals surface area contributed by atoms with E-state index in [0.29, 0.717) is 0 Å². The zero-order chi connectivity index (χ0) is 26.3. The molecule has 0 spiro atoms. The predicted octanol–water partition coefficient (Wildman–Crippen LogP) is 10.9. The highest BCUT2D eigenvalue weighted by Gasteiger charge is 2.28. The van der Waals surface area contributed by atoms with Crippen molar-refractivity contribution >= 4 is 21.5 Å². The second kappa shape index (κ2) is 9.86. The molecule has 0 aliphatic heterocycles. The van der Waals surface area contributed by atoms with Gasteiger partial charge < -0.3 is 0 Å². The molecular weight excluding hydrogens is 468 g/mol. The third kappa shape index (κ3) is 4.07. The Kier molecular flexibility index (Phi) is 6.05. The Hall–Kier alpha value is -4.16. The summed E-state index contributed by atoms with van der Waals surface area (Å²) < 4.78 is 0. The van der Waals surface area contributed by atoms with E-state index in [1.807, 2.05) is 0 Å². The van der Waals surface area contributed by atoms with Gasteiger partial charge in [0.2, 0.25) is 0 Å². The number of benzene rings is 6. The summed E-state index contributed by atoms with van der Waals surface area (Å²) in [5.41, 5.74) is 14.1. The van der Waals surface area contributed by atoms with Crippen LogP contribution < -0.4 is 0 Å². The Morgan fingerprint density at radius 1 is 0.487 bits per heavy atom. The minimum atomic E-state index is 1.12. The lowest BCUT2D eigenvalue weighted by Crippen LogP contribution is -1.97. The highest BCUT2D eigenvalue weighted by molar-refractivity contribution is 6.22. The van der Waals surface area contributed by atoms with Crippen molar-refractivity contribution in [1.82, 2.24) is 0 Å². The molecule has 0 heteroatoms. The van der Waals surface area contributed by atoms with Crippen LogP contribution in [0.2, 0.25) is 0 Å². The zero-order valence-electron chi connectivity index (χ0n) is 22.9. The number of fused-ring (bicyclic) bond motifs is 4. The maximum atomic E-state index is 2.40. The summed E-state index contributed by atoms with van der Waals surface area (Å²) >= 11 is 0. The average Bonchev–Trinajstić information content (AvgIpc) is 3.31. The zero-order valence-corrected chi connectivity index (χ0v) is 22.9. The first kappa shape index (κ1) is 23.9. The molecule has 0 atom stereocenters. The van der Waals surface area contributed by atoms with Crippen molar-refractivity contribution in [2.45, 2.75) is 46.0 Å². The lowest BCUT2D eigenvalue weighted by molar-refractivity contribution is 0.680. The molecule has 1 aliphatic rings. The average molecular weight is 503 g/mol. The standard InChI is InChI=1S/C39H34/c1-26-13-11-15-28(25-26)14-5-3-8-20-34-32-19-10-9-18-30(32)27(2)37-35-22-12-21-33-31(29-16-6-4-7-17-29)23-24-36(38(33)35)39(34)37/h4,6-7,9-13,15-19,21-25H,3,5,8,14,20H2,1-2H3. The van der Waals surface area contributed by atoms with Crippen LogP contribution in [0.1, 0.15) is 41.5 Å². The van der Waals surface area contributed by atoms with Crippen LogP contribution in [0.15, 0.2) is 109 Å². The fraction of sp³-hybridized carbons (Fsp3) is 0.179. The monoisotopic (exact) mass is 502 g/mol. The van der Waals surface area contributed by atoms with E-state index < -0.39 is 0 Å². The first-order chi connectivity index (χ1) is 19.2.